The number of carbonyl (C=O) groups excluding carboxylic acids is 1. The van der Waals surface area contributed by atoms with Crippen LogP contribution in [0.2, 0.25) is 0 Å². The monoisotopic (exact) mass is 329 g/mol. The third-order valence-electron chi connectivity index (χ3n) is 3.13. The lowest BCUT2D eigenvalue weighted by molar-refractivity contribution is -0.145. The molecule has 0 amide bonds. The Bertz CT molecular complexity index is 470. The van der Waals surface area contributed by atoms with Crippen LogP contribution in [-0.4, -0.2) is 43.2 Å². The highest BCUT2D eigenvalue weighted by Crippen LogP contribution is 2.26. The van der Waals surface area contributed by atoms with E-state index in [0.717, 1.165) is 19.4 Å². The minimum Gasteiger partial charge on any atom is -0.480 e. The Labute approximate surface area is 120 Å². The van der Waals surface area contributed by atoms with Crippen molar-refractivity contribution in [3.63, 3.8) is 0 Å². The first kappa shape index (κ1) is 14.0. The van der Waals surface area contributed by atoms with Crippen molar-refractivity contribution >= 4 is 27.8 Å². The molecule has 0 radical (unpaired) electrons. The van der Waals surface area contributed by atoms with Gasteiger partial charge in [0.1, 0.15) is 0 Å². The number of ether oxygens (including phenoxy) is 2. The van der Waals surface area contributed by atoms with Crippen LogP contribution in [0.1, 0.15) is 12.8 Å². The van der Waals surface area contributed by atoms with E-state index in [2.05, 4.69) is 25.9 Å². The second kappa shape index (κ2) is 6.18. The van der Waals surface area contributed by atoms with Gasteiger partial charge in [0.25, 0.3) is 0 Å². The quantitative estimate of drug-likeness (QED) is 0.785. The third-order valence-corrected chi connectivity index (χ3v) is 3.68. The Kier molecular flexibility index (Phi) is 4.57. The molecule has 1 fully saturated rings. The van der Waals surface area contributed by atoms with E-state index in [9.17, 15) is 4.79 Å². The van der Waals surface area contributed by atoms with Gasteiger partial charge in [-0.05, 0) is 28.8 Å². The van der Waals surface area contributed by atoms with Gasteiger partial charge in [0.2, 0.25) is 11.8 Å². The molecule has 0 aliphatic carbocycles. The lowest BCUT2D eigenvalue weighted by Gasteiger charge is -2.31. The SMILES string of the molecule is COC(=O)C1CCCN(c2ncc(Br)c(OC)n2)C1. The molecule has 1 unspecified atom stereocenters. The predicted octanol–water partition coefficient (Wildman–Crippen LogP) is 1.64. The number of esters is 1. The number of piperidine rings is 1. The molecule has 2 heterocycles. The summed E-state index contributed by atoms with van der Waals surface area (Å²) in [4.78, 5) is 22.2. The summed E-state index contributed by atoms with van der Waals surface area (Å²) in [5.41, 5.74) is 0. The standard InChI is InChI=1S/C12H16BrN3O3/c1-18-10-9(13)6-14-12(15-10)16-5-3-4-8(7-16)11(17)19-2/h6,8H,3-5,7H2,1-2H3. The van der Waals surface area contributed by atoms with Crippen LogP contribution < -0.4 is 9.64 Å². The van der Waals surface area contributed by atoms with Crippen molar-refractivity contribution in [1.29, 1.82) is 0 Å². The first-order chi connectivity index (χ1) is 9.15. The summed E-state index contributed by atoms with van der Waals surface area (Å²) in [6.45, 7) is 1.41. The molecular weight excluding hydrogens is 314 g/mol. The van der Waals surface area contributed by atoms with E-state index in [0.29, 0.717) is 22.8 Å². The van der Waals surface area contributed by atoms with Crippen LogP contribution >= 0.6 is 15.9 Å². The Hall–Kier alpha value is -1.37. The largest absolute Gasteiger partial charge is 0.480 e. The van der Waals surface area contributed by atoms with Gasteiger partial charge in [0, 0.05) is 13.1 Å². The number of hydrogen-bond acceptors (Lipinski definition) is 6. The Balaban J connectivity index is 2.15. The summed E-state index contributed by atoms with van der Waals surface area (Å²) in [6.07, 6.45) is 3.42. The number of aromatic nitrogens is 2. The summed E-state index contributed by atoms with van der Waals surface area (Å²) in [5, 5.41) is 0. The predicted molar refractivity (Wildman–Crippen MR) is 73.2 cm³/mol. The fraction of sp³-hybridized carbons (Fsp3) is 0.583. The summed E-state index contributed by atoms with van der Waals surface area (Å²) in [7, 11) is 2.98. The number of carbonyl (C=O) groups is 1. The van der Waals surface area contributed by atoms with Crippen LogP contribution in [0, 0.1) is 5.92 Å². The van der Waals surface area contributed by atoms with Crippen molar-refractivity contribution in [2.75, 3.05) is 32.2 Å². The van der Waals surface area contributed by atoms with E-state index < -0.39 is 0 Å². The Morgan fingerprint density at radius 1 is 1.53 bits per heavy atom. The van der Waals surface area contributed by atoms with Gasteiger partial charge in [0.05, 0.1) is 30.8 Å². The fourth-order valence-electron chi connectivity index (χ4n) is 2.16. The molecule has 1 saturated heterocycles. The van der Waals surface area contributed by atoms with Crippen LogP contribution in [0.25, 0.3) is 0 Å². The van der Waals surface area contributed by atoms with Crippen LogP contribution in [0.3, 0.4) is 0 Å². The van der Waals surface area contributed by atoms with Gasteiger partial charge in [-0.3, -0.25) is 4.79 Å². The molecule has 2 rings (SSSR count). The van der Waals surface area contributed by atoms with Crippen molar-refractivity contribution in [2.24, 2.45) is 5.92 Å². The molecule has 6 nitrogen and oxygen atoms in total. The summed E-state index contributed by atoms with van der Waals surface area (Å²) in [6, 6.07) is 0. The van der Waals surface area contributed by atoms with Gasteiger partial charge in [-0.2, -0.15) is 4.98 Å². The maximum atomic E-state index is 11.6. The van der Waals surface area contributed by atoms with Crippen LogP contribution in [-0.2, 0) is 9.53 Å². The molecule has 0 bridgehead atoms. The fourth-order valence-corrected chi connectivity index (χ4v) is 2.51. The smallest absolute Gasteiger partial charge is 0.310 e. The van der Waals surface area contributed by atoms with Crippen molar-refractivity contribution in [2.45, 2.75) is 12.8 Å². The zero-order valence-electron chi connectivity index (χ0n) is 10.9. The second-order valence-corrected chi connectivity index (χ2v) is 5.19. The molecule has 0 N–H and O–H groups in total. The number of methoxy groups -OCH3 is 2. The van der Waals surface area contributed by atoms with Crippen LogP contribution in [0.4, 0.5) is 5.95 Å². The molecule has 1 aromatic heterocycles. The summed E-state index contributed by atoms with van der Waals surface area (Å²) < 4.78 is 10.7. The molecule has 19 heavy (non-hydrogen) atoms. The van der Waals surface area contributed by atoms with Crippen LogP contribution in [0.5, 0.6) is 5.88 Å². The number of halogens is 1. The van der Waals surface area contributed by atoms with Crippen molar-refractivity contribution < 1.29 is 14.3 Å². The lowest BCUT2D eigenvalue weighted by Crippen LogP contribution is -2.40. The maximum absolute atomic E-state index is 11.6. The summed E-state index contributed by atoms with van der Waals surface area (Å²) in [5.74, 6) is 0.782. The lowest BCUT2D eigenvalue weighted by atomic mass is 9.98. The van der Waals surface area contributed by atoms with E-state index in [4.69, 9.17) is 9.47 Å². The topological polar surface area (TPSA) is 64.5 Å². The second-order valence-electron chi connectivity index (χ2n) is 4.34. The molecule has 1 aliphatic rings. The van der Waals surface area contributed by atoms with E-state index in [-0.39, 0.29) is 11.9 Å². The molecule has 1 aliphatic heterocycles. The Morgan fingerprint density at radius 2 is 2.32 bits per heavy atom. The van der Waals surface area contributed by atoms with Gasteiger partial charge in [-0.15, -0.1) is 0 Å². The summed E-state index contributed by atoms with van der Waals surface area (Å²) >= 11 is 3.32. The minimum atomic E-state index is -0.172. The average molecular weight is 330 g/mol. The molecule has 1 atom stereocenters. The van der Waals surface area contributed by atoms with Gasteiger partial charge >= 0.3 is 5.97 Å². The highest BCUT2D eigenvalue weighted by atomic mass is 79.9. The normalized spacial score (nSPS) is 19.1. The molecule has 7 heteroatoms. The van der Waals surface area contributed by atoms with Gasteiger partial charge in [-0.1, -0.05) is 0 Å². The third kappa shape index (κ3) is 3.15. The van der Waals surface area contributed by atoms with E-state index >= 15 is 0 Å². The number of anilines is 1. The molecule has 1 aromatic rings. The van der Waals surface area contributed by atoms with Crippen LogP contribution in [0.15, 0.2) is 10.7 Å². The number of rotatable bonds is 3. The molecule has 0 aromatic carbocycles. The average Bonchev–Trinajstić information content (AvgIpc) is 2.47. The Morgan fingerprint density at radius 3 is 3.00 bits per heavy atom. The highest BCUT2D eigenvalue weighted by Gasteiger charge is 2.28. The highest BCUT2D eigenvalue weighted by molar-refractivity contribution is 9.10. The van der Waals surface area contributed by atoms with Gasteiger partial charge in [0.15, 0.2) is 0 Å². The van der Waals surface area contributed by atoms with E-state index in [1.165, 1.54) is 7.11 Å². The van der Waals surface area contributed by atoms with Crippen molar-refractivity contribution in [3.8, 4) is 5.88 Å². The molecular formula is C12H16BrN3O3. The molecule has 0 spiro atoms. The molecule has 0 saturated carbocycles. The van der Waals surface area contributed by atoms with Crippen molar-refractivity contribution in [3.05, 3.63) is 10.7 Å². The zero-order valence-corrected chi connectivity index (χ0v) is 12.5. The maximum Gasteiger partial charge on any atom is 0.310 e. The first-order valence-electron chi connectivity index (χ1n) is 6.05. The van der Waals surface area contributed by atoms with Gasteiger partial charge in [-0.25, -0.2) is 4.98 Å². The van der Waals surface area contributed by atoms with Crippen molar-refractivity contribution in [1.82, 2.24) is 9.97 Å². The van der Waals surface area contributed by atoms with E-state index in [1.54, 1.807) is 13.3 Å². The number of nitrogens with zero attached hydrogens (tertiary/aromatic N) is 3. The zero-order chi connectivity index (χ0) is 13.8. The van der Waals surface area contributed by atoms with E-state index in [1.807, 2.05) is 4.90 Å². The minimum absolute atomic E-state index is 0.114. The first-order valence-corrected chi connectivity index (χ1v) is 6.84. The number of hydrogen-bond donors (Lipinski definition) is 0. The van der Waals surface area contributed by atoms with Gasteiger partial charge < -0.3 is 14.4 Å². The molecule has 104 valence electrons.